The molecule has 0 aliphatic carbocycles. The standard InChI is InChI=1S/C20H17N3O5S/c1-2-27-18(25)12-22-14-8-4-6-10-16(14)29-19(22)21-17(24)11-23-13-7-3-5-9-15(13)28-20(23)26/h3-10H,2,11-12H2,1H3. The zero-order valence-corrected chi connectivity index (χ0v) is 16.3. The van der Waals surface area contributed by atoms with Gasteiger partial charge in [0.1, 0.15) is 13.1 Å². The maximum atomic E-state index is 12.6. The van der Waals surface area contributed by atoms with Crippen molar-refractivity contribution in [1.82, 2.24) is 9.13 Å². The van der Waals surface area contributed by atoms with Crippen molar-refractivity contribution in [3.63, 3.8) is 0 Å². The van der Waals surface area contributed by atoms with E-state index in [9.17, 15) is 14.4 Å². The number of rotatable bonds is 5. The van der Waals surface area contributed by atoms with Crippen molar-refractivity contribution in [2.45, 2.75) is 20.0 Å². The molecule has 9 heteroatoms. The molecule has 4 aromatic rings. The van der Waals surface area contributed by atoms with Crippen molar-refractivity contribution in [2.75, 3.05) is 6.61 Å². The molecule has 0 N–H and O–H groups in total. The van der Waals surface area contributed by atoms with Crippen molar-refractivity contribution in [3.05, 3.63) is 63.9 Å². The number of benzene rings is 2. The average Bonchev–Trinajstić information content (AvgIpc) is 3.20. The van der Waals surface area contributed by atoms with Crippen LogP contribution in [0.25, 0.3) is 21.3 Å². The zero-order valence-electron chi connectivity index (χ0n) is 15.5. The molecule has 0 atom stereocenters. The zero-order chi connectivity index (χ0) is 20.4. The number of esters is 1. The molecule has 1 amide bonds. The van der Waals surface area contributed by atoms with Crippen LogP contribution in [0.4, 0.5) is 0 Å². The summed E-state index contributed by atoms with van der Waals surface area (Å²) in [5.74, 6) is -1.56. The average molecular weight is 411 g/mol. The molecular formula is C20H17N3O5S. The highest BCUT2D eigenvalue weighted by Crippen LogP contribution is 2.17. The molecule has 4 rings (SSSR count). The fourth-order valence-electron chi connectivity index (χ4n) is 3.04. The molecule has 2 aromatic heterocycles. The Bertz CT molecular complexity index is 1340. The summed E-state index contributed by atoms with van der Waals surface area (Å²) in [5, 5.41) is 0. The third kappa shape index (κ3) is 3.77. The Balaban J connectivity index is 1.73. The van der Waals surface area contributed by atoms with Gasteiger partial charge in [0, 0.05) is 0 Å². The highest BCUT2D eigenvalue weighted by Gasteiger charge is 2.14. The quantitative estimate of drug-likeness (QED) is 0.470. The van der Waals surface area contributed by atoms with E-state index in [-0.39, 0.29) is 19.7 Å². The van der Waals surface area contributed by atoms with Gasteiger partial charge in [0.15, 0.2) is 10.4 Å². The lowest BCUT2D eigenvalue weighted by atomic mass is 10.3. The van der Waals surface area contributed by atoms with Crippen LogP contribution in [0, 0.1) is 0 Å². The topological polar surface area (TPSA) is 95.8 Å². The van der Waals surface area contributed by atoms with Crippen molar-refractivity contribution in [2.24, 2.45) is 4.99 Å². The number of thiazole rings is 1. The smallest absolute Gasteiger partial charge is 0.420 e. The number of aromatic nitrogens is 2. The number of carbonyl (C=O) groups is 2. The van der Waals surface area contributed by atoms with Crippen LogP contribution in [-0.2, 0) is 27.4 Å². The second kappa shape index (κ2) is 7.88. The van der Waals surface area contributed by atoms with E-state index in [0.717, 1.165) is 10.2 Å². The van der Waals surface area contributed by atoms with Crippen LogP contribution in [0.2, 0.25) is 0 Å². The molecule has 0 radical (unpaired) electrons. The van der Waals surface area contributed by atoms with E-state index in [0.29, 0.717) is 15.9 Å². The molecule has 0 spiro atoms. The lowest BCUT2D eigenvalue weighted by Gasteiger charge is -2.05. The summed E-state index contributed by atoms with van der Waals surface area (Å²) in [5.41, 5.74) is 1.71. The van der Waals surface area contributed by atoms with Crippen LogP contribution in [0.15, 0.2) is 62.7 Å². The van der Waals surface area contributed by atoms with Gasteiger partial charge in [0.2, 0.25) is 0 Å². The van der Waals surface area contributed by atoms with Gasteiger partial charge in [-0.1, -0.05) is 35.6 Å². The Hall–Kier alpha value is -3.46. The number of hydrogen-bond donors (Lipinski definition) is 0. The van der Waals surface area contributed by atoms with Crippen LogP contribution in [-0.4, -0.2) is 27.6 Å². The van der Waals surface area contributed by atoms with Crippen molar-refractivity contribution >= 4 is 44.5 Å². The van der Waals surface area contributed by atoms with Gasteiger partial charge in [-0.2, -0.15) is 4.99 Å². The number of oxazole rings is 1. The fourth-order valence-corrected chi connectivity index (χ4v) is 4.08. The number of nitrogens with zero attached hydrogens (tertiary/aromatic N) is 3. The van der Waals surface area contributed by atoms with E-state index < -0.39 is 17.6 Å². The lowest BCUT2D eigenvalue weighted by Crippen LogP contribution is -2.25. The third-order valence-electron chi connectivity index (χ3n) is 4.27. The summed E-state index contributed by atoms with van der Waals surface area (Å²) >= 11 is 1.29. The fraction of sp³-hybridized carbons (Fsp3) is 0.200. The van der Waals surface area contributed by atoms with Crippen LogP contribution < -0.4 is 10.6 Å². The number of para-hydroxylation sites is 3. The molecule has 29 heavy (non-hydrogen) atoms. The Morgan fingerprint density at radius 2 is 1.76 bits per heavy atom. The van der Waals surface area contributed by atoms with Gasteiger partial charge in [0.05, 0.1) is 22.3 Å². The number of ether oxygens (including phenoxy) is 1. The number of fused-ring (bicyclic) bond motifs is 2. The second-order valence-electron chi connectivity index (χ2n) is 6.17. The van der Waals surface area contributed by atoms with E-state index in [1.807, 2.05) is 24.3 Å². The highest BCUT2D eigenvalue weighted by molar-refractivity contribution is 7.16. The summed E-state index contributed by atoms with van der Waals surface area (Å²) in [6.07, 6.45) is 0. The minimum absolute atomic E-state index is 0.0570. The SMILES string of the molecule is CCOC(=O)Cn1c(=NC(=O)Cn2c(=O)oc3ccccc32)sc2ccccc21. The molecule has 2 heterocycles. The maximum Gasteiger partial charge on any atom is 0.420 e. The van der Waals surface area contributed by atoms with Crippen molar-refractivity contribution in [1.29, 1.82) is 0 Å². The van der Waals surface area contributed by atoms with Gasteiger partial charge in [0.25, 0.3) is 5.91 Å². The first-order valence-electron chi connectivity index (χ1n) is 8.96. The third-order valence-corrected chi connectivity index (χ3v) is 5.33. The van der Waals surface area contributed by atoms with Gasteiger partial charge in [-0.05, 0) is 31.2 Å². The first kappa shape index (κ1) is 18.9. The van der Waals surface area contributed by atoms with Gasteiger partial charge in [-0.3, -0.25) is 14.2 Å². The van der Waals surface area contributed by atoms with Crippen LogP contribution in [0.1, 0.15) is 6.92 Å². The van der Waals surface area contributed by atoms with E-state index in [4.69, 9.17) is 9.15 Å². The van der Waals surface area contributed by atoms with E-state index in [1.165, 1.54) is 15.9 Å². The summed E-state index contributed by atoms with van der Waals surface area (Å²) in [6.45, 7) is 1.68. The summed E-state index contributed by atoms with van der Waals surface area (Å²) in [4.78, 5) is 41.3. The minimum Gasteiger partial charge on any atom is -0.465 e. The first-order valence-corrected chi connectivity index (χ1v) is 9.78. The Morgan fingerprint density at radius 1 is 1.03 bits per heavy atom. The molecule has 0 aliphatic rings. The second-order valence-corrected chi connectivity index (χ2v) is 7.18. The maximum absolute atomic E-state index is 12.6. The van der Waals surface area contributed by atoms with Crippen molar-refractivity contribution < 1.29 is 18.7 Å². The first-order chi connectivity index (χ1) is 14.1. The molecule has 0 saturated heterocycles. The van der Waals surface area contributed by atoms with Gasteiger partial charge >= 0.3 is 11.7 Å². The van der Waals surface area contributed by atoms with Gasteiger partial charge in [-0.25, -0.2) is 4.79 Å². The molecule has 0 fully saturated rings. The molecular weight excluding hydrogens is 394 g/mol. The van der Waals surface area contributed by atoms with E-state index in [1.54, 1.807) is 35.8 Å². The van der Waals surface area contributed by atoms with Gasteiger partial charge < -0.3 is 13.7 Å². The minimum atomic E-state index is -0.620. The largest absolute Gasteiger partial charge is 0.465 e. The number of amides is 1. The summed E-state index contributed by atoms with van der Waals surface area (Å²) in [6, 6.07) is 14.3. The molecule has 0 bridgehead atoms. The van der Waals surface area contributed by atoms with Crippen molar-refractivity contribution in [3.8, 4) is 0 Å². The van der Waals surface area contributed by atoms with Crippen LogP contribution >= 0.6 is 11.3 Å². The Kier molecular flexibility index (Phi) is 5.13. The summed E-state index contributed by atoms with van der Waals surface area (Å²) in [7, 11) is 0. The molecule has 8 nitrogen and oxygen atoms in total. The normalized spacial score (nSPS) is 12.0. The molecule has 0 aliphatic heterocycles. The number of carbonyl (C=O) groups excluding carboxylic acids is 2. The monoisotopic (exact) mass is 411 g/mol. The lowest BCUT2D eigenvalue weighted by molar-refractivity contribution is -0.143. The highest BCUT2D eigenvalue weighted by atomic mass is 32.1. The van der Waals surface area contributed by atoms with Crippen LogP contribution in [0.3, 0.4) is 0 Å². The molecule has 148 valence electrons. The molecule has 2 aromatic carbocycles. The predicted molar refractivity (Wildman–Crippen MR) is 107 cm³/mol. The predicted octanol–water partition coefficient (Wildman–Crippen LogP) is 2.30. The number of hydrogen-bond acceptors (Lipinski definition) is 6. The summed E-state index contributed by atoms with van der Waals surface area (Å²) < 4.78 is 14.0. The van der Waals surface area contributed by atoms with Gasteiger partial charge in [-0.15, -0.1) is 0 Å². The molecule has 0 saturated carbocycles. The molecule has 0 unspecified atom stereocenters. The van der Waals surface area contributed by atoms with E-state index >= 15 is 0 Å². The van der Waals surface area contributed by atoms with E-state index in [2.05, 4.69) is 4.99 Å². The van der Waals surface area contributed by atoms with Crippen LogP contribution in [0.5, 0.6) is 0 Å². The Morgan fingerprint density at radius 3 is 2.55 bits per heavy atom. The Labute approximate surface area is 168 Å².